The third-order valence-electron chi connectivity index (χ3n) is 5.06. The van der Waals surface area contributed by atoms with Crippen LogP contribution in [-0.2, 0) is 20.6 Å². The van der Waals surface area contributed by atoms with Gasteiger partial charge in [0, 0.05) is 31.1 Å². The molecule has 0 radical (unpaired) electrons. The highest BCUT2D eigenvalue weighted by Crippen LogP contribution is 2.30. The van der Waals surface area contributed by atoms with Gasteiger partial charge in [-0.3, -0.25) is 14.9 Å². The highest BCUT2D eigenvalue weighted by Gasteiger charge is 2.31. The van der Waals surface area contributed by atoms with Gasteiger partial charge in [-0.15, -0.1) is 0 Å². The molecule has 0 aromatic heterocycles. The van der Waals surface area contributed by atoms with Gasteiger partial charge in [0.1, 0.15) is 5.75 Å². The quantitative estimate of drug-likeness (QED) is 0.530. The molecule has 2 aromatic carbocycles. The van der Waals surface area contributed by atoms with Crippen molar-refractivity contribution >= 4 is 27.3 Å². The second-order valence-electron chi connectivity index (χ2n) is 7.05. The topological polar surface area (TPSA) is 119 Å². The predicted molar refractivity (Wildman–Crippen MR) is 112 cm³/mol. The highest BCUT2D eigenvalue weighted by atomic mass is 32.2. The van der Waals surface area contributed by atoms with E-state index in [4.69, 9.17) is 4.74 Å². The maximum Gasteiger partial charge on any atom is 0.271 e. The lowest BCUT2D eigenvalue weighted by molar-refractivity contribution is -0.384. The lowest BCUT2D eigenvalue weighted by Gasteiger charge is -2.30. The Hall–Kier alpha value is -2.98. The molecule has 9 nitrogen and oxygen atoms in total. The number of ether oxygens (including phenoxy) is 1. The van der Waals surface area contributed by atoms with E-state index in [1.54, 1.807) is 24.3 Å². The van der Waals surface area contributed by atoms with Gasteiger partial charge in [-0.25, -0.2) is 12.7 Å². The van der Waals surface area contributed by atoms with Gasteiger partial charge in [0.25, 0.3) is 5.69 Å². The molecule has 3 rings (SSSR count). The van der Waals surface area contributed by atoms with Gasteiger partial charge in [-0.05, 0) is 24.5 Å². The summed E-state index contributed by atoms with van der Waals surface area (Å²) in [5.74, 6) is -0.460. The fraction of sp³-hybridized carbons (Fsp3) is 0.350. The standard InChI is InChI=1S/C20H23N3O6S/c1-29-19-8-7-17(23(25)26)13-18(19)21-20(24)16-9-11-22(12-10-16)30(27,28)14-15-5-3-2-4-6-15/h2-8,13,16H,9-12,14H2,1H3,(H,21,24). The minimum Gasteiger partial charge on any atom is -0.495 e. The summed E-state index contributed by atoms with van der Waals surface area (Å²) in [5, 5.41) is 13.7. The number of nitro groups is 1. The summed E-state index contributed by atoms with van der Waals surface area (Å²) in [7, 11) is -2.05. The zero-order chi connectivity index (χ0) is 21.7. The molecular formula is C20H23N3O6S. The molecule has 0 bridgehead atoms. The number of nitrogens with zero attached hydrogens (tertiary/aromatic N) is 2. The predicted octanol–water partition coefficient (Wildman–Crippen LogP) is 2.78. The van der Waals surface area contributed by atoms with E-state index in [1.807, 2.05) is 6.07 Å². The molecule has 10 heteroatoms. The first kappa shape index (κ1) is 21.7. The van der Waals surface area contributed by atoms with Gasteiger partial charge in [-0.2, -0.15) is 0 Å². The van der Waals surface area contributed by atoms with E-state index in [1.165, 1.54) is 29.6 Å². The molecule has 1 N–H and O–H groups in total. The van der Waals surface area contributed by atoms with Crippen LogP contribution in [-0.4, -0.2) is 43.8 Å². The number of piperidine rings is 1. The number of hydrogen-bond donors (Lipinski definition) is 1. The number of hydrogen-bond acceptors (Lipinski definition) is 6. The van der Waals surface area contributed by atoms with Gasteiger partial charge in [0.15, 0.2) is 0 Å². The molecular weight excluding hydrogens is 410 g/mol. The van der Waals surface area contributed by atoms with Gasteiger partial charge < -0.3 is 10.1 Å². The number of benzene rings is 2. The molecule has 1 saturated heterocycles. The first-order valence-electron chi connectivity index (χ1n) is 9.45. The summed E-state index contributed by atoms with van der Waals surface area (Å²) in [6.07, 6.45) is 0.744. The Morgan fingerprint density at radius 2 is 1.87 bits per heavy atom. The van der Waals surface area contributed by atoms with E-state index in [0.717, 1.165) is 5.56 Å². The molecule has 160 valence electrons. The second-order valence-corrected chi connectivity index (χ2v) is 9.01. The summed E-state index contributed by atoms with van der Waals surface area (Å²) < 4.78 is 31.9. The number of carbonyl (C=O) groups is 1. The Morgan fingerprint density at radius 1 is 1.20 bits per heavy atom. The second kappa shape index (κ2) is 9.23. The van der Waals surface area contributed by atoms with Crippen LogP contribution in [0.1, 0.15) is 18.4 Å². The van der Waals surface area contributed by atoms with Crippen LogP contribution in [0.15, 0.2) is 48.5 Å². The number of nitro benzene ring substituents is 1. The number of nitrogens with one attached hydrogen (secondary N) is 1. The summed E-state index contributed by atoms with van der Waals surface area (Å²) >= 11 is 0. The van der Waals surface area contributed by atoms with Gasteiger partial charge >= 0.3 is 0 Å². The summed E-state index contributed by atoms with van der Waals surface area (Å²) in [6.45, 7) is 0.499. The molecule has 1 aliphatic heterocycles. The molecule has 0 spiro atoms. The van der Waals surface area contributed by atoms with E-state index >= 15 is 0 Å². The van der Waals surface area contributed by atoms with Crippen LogP contribution in [0.25, 0.3) is 0 Å². The monoisotopic (exact) mass is 433 g/mol. The SMILES string of the molecule is COc1ccc([N+](=O)[O-])cc1NC(=O)C1CCN(S(=O)(=O)Cc2ccccc2)CC1. The van der Waals surface area contributed by atoms with Crippen molar-refractivity contribution in [3.05, 3.63) is 64.2 Å². The largest absolute Gasteiger partial charge is 0.495 e. The van der Waals surface area contributed by atoms with E-state index in [9.17, 15) is 23.3 Å². The number of non-ortho nitro benzene ring substituents is 1. The van der Waals surface area contributed by atoms with Crippen LogP contribution in [0, 0.1) is 16.0 Å². The lowest BCUT2D eigenvalue weighted by Crippen LogP contribution is -2.41. The zero-order valence-electron chi connectivity index (χ0n) is 16.5. The van der Waals surface area contributed by atoms with E-state index < -0.39 is 20.9 Å². The molecule has 0 unspecified atom stereocenters. The zero-order valence-corrected chi connectivity index (χ0v) is 17.3. The van der Waals surface area contributed by atoms with Crippen molar-refractivity contribution in [2.75, 3.05) is 25.5 Å². The Morgan fingerprint density at radius 3 is 2.47 bits per heavy atom. The molecule has 1 amide bonds. The number of rotatable bonds is 7. The number of sulfonamides is 1. The molecule has 0 aliphatic carbocycles. The average Bonchev–Trinajstić information content (AvgIpc) is 2.74. The molecule has 2 aromatic rings. The Balaban J connectivity index is 1.62. The molecule has 1 heterocycles. The number of amides is 1. The third kappa shape index (κ3) is 5.14. The van der Waals surface area contributed by atoms with Crippen LogP contribution in [0.2, 0.25) is 0 Å². The van der Waals surface area contributed by atoms with Crippen molar-refractivity contribution < 1.29 is 22.9 Å². The van der Waals surface area contributed by atoms with E-state index in [0.29, 0.717) is 18.6 Å². The highest BCUT2D eigenvalue weighted by molar-refractivity contribution is 7.88. The van der Waals surface area contributed by atoms with Crippen LogP contribution >= 0.6 is 0 Å². The number of carbonyl (C=O) groups excluding carboxylic acids is 1. The Bertz CT molecular complexity index is 1020. The summed E-state index contributed by atoms with van der Waals surface area (Å²) in [5.41, 5.74) is 0.777. The number of anilines is 1. The fourth-order valence-corrected chi connectivity index (χ4v) is 4.98. The van der Waals surface area contributed by atoms with Crippen molar-refractivity contribution in [3.63, 3.8) is 0 Å². The minimum absolute atomic E-state index is 0.0738. The summed E-state index contributed by atoms with van der Waals surface area (Å²) in [6, 6.07) is 12.9. The average molecular weight is 433 g/mol. The summed E-state index contributed by atoms with van der Waals surface area (Å²) in [4.78, 5) is 23.1. The number of methoxy groups -OCH3 is 1. The fourth-order valence-electron chi connectivity index (χ4n) is 3.41. The maximum absolute atomic E-state index is 12.7. The van der Waals surface area contributed by atoms with Gasteiger partial charge in [0.05, 0.1) is 23.5 Å². The van der Waals surface area contributed by atoms with Gasteiger partial charge in [-0.1, -0.05) is 30.3 Å². The van der Waals surface area contributed by atoms with Crippen molar-refractivity contribution in [2.24, 2.45) is 5.92 Å². The molecule has 1 fully saturated rings. The molecule has 0 atom stereocenters. The van der Waals surface area contributed by atoms with Crippen LogP contribution in [0.3, 0.4) is 0 Å². The van der Waals surface area contributed by atoms with Crippen molar-refractivity contribution in [3.8, 4) is 5.75 Å². The molecule has 0 saturated carbocycles. The Labute approximate surface area is 174 Å². The van der Waals surface area contributed by atoms with Crippen LogP contribution < -0.4 is 10.1 Å². The van der Waals surface area contributed by atoms with E-state index in [-0.39, 0.29) is 36.1 Å². The minimum atomic E-state index is -3.46. The maximum atomic E-state index is 12.7. The van der Waals surface area contributed by atoms with Crippen molar-refractivity contribution in [1.82, 2.24) is 4.31 Å². The lowest BCUT2D eigenvalue weighted by atomic mass is 9.97. The third-order valence-corrected chi connectivity index (χ3v) is 6.91. The van der Waals surface area contributed by atoms with Gasteiger partial charge in [0.2, 0.25) is 15.9 Å². The Kier molecular flexibility index (Phi) is 6.68. The molecule has 1 aliphatic rings. The first-order chi connectivity index (χ1) is 14.3. The van der Waals surface area contributed by atoms with Crippen LogP contribution in [0.4, 0.5) is 11.4 Å². The van der Waals surface area contributed by atoms with Crippen molar-refractivity contribution in [2.45, 2.75) is 18.6 Å². The smallest absolute Gasteiger partial charge is 0.271 e. The van der Waals surface area contributed by atoms with E-state index in [2.05, 4.69) is 5.32 Å². The normalized spacial score (nSPS) is 15.5. The van der Waals surface area contributed by atoms with Crippen LogP contribution in [0.5, 0.6) is 5.75 Å². The molecule has 30 heavy (non-hydrogen) atoms. The first-order valence-corrected chi connectivity index (χ1v) is 11.1. The van der Waals surface area contributed by atoms with Crippen molar-refractivity contribution in [1.29, 1.82) is 0 Å².